The minimum absolute atomic E-state index is 0.186. The average molecular weight is 390 g/mol. The van der Waals surface area contributed by atoms with E-state index in [4.69, 9.17) is 4.74 Å². The van der Waals surface area contributed by atoms with E-state index in [-0.39, 0.29) is 23.5 Å². The van der Waals surface area contributed by atoms with E-state index < -0.39 is 10.0 Å². The monoisotopic (exact) mass is 390 g/mol. The summed E-state index contributed by atoms with van der Waals surface area (Å²) in [7, 11) is -3.62. The summed E-state index contributed by atoms with van der Waals surface area (Å²) in [6.45, 7) is 5.69. The van der Waals surface area contributed by atoms with Crippen molar-refractivity contribution in [3.63, 3.8) is 0 Å². The smallest absolute Gasteiger partial charge is 0.243 e. The maximum atomic E-state index is 12.8. The zero-order chi connectivity index (χ0) is 19.6. The molecule has 1 atom stereocenters. The Morgan fingerprint density at radius 1 is 1.22 bits per heavy atom. The van der Waals surface area contributed by atoms with Gasteiger partial charge in [-0.3, -0.25) is 4.79 Å². The number of rotatable bonds is 5. The summed E-state index contributed by atoms with van der Waals surface area (Å²) in [5.74, 6) is 0.871. The van der Waals surface area contributed by atoms with Gasteiger partial charge in [0, 0.05) is 30.9 Å². The molecule has 2 aromatic rings. The SMILES string of the molecule is CC(=O)Nc1ccc(S(=O)(=O)N2CC[C@@H](Oc3cc(C)nc(C)n3)C2)cc1. The van der Waals surface area contributed by atoms with Crippen LogP contribution in [0.25, 0.3) is 0 Å². The highest BCUT2D eigenvalue weighted by Gasteiger charge is 2.33. The summed E-state index contributed by atoms with van der Waals surface area (Å²) < 4.78 is 32.9. The fourth-order valence-corrected chi connectivity index (χ4v) is 4.48. The maximum absolute atomic E-state index is 12.8. The van der Waals surface area contributed by atoms with Gasteiger partial charge in [-0.25, -0.2) is 13.4 Å². The van der Waals surface area contributed by atoms with Crippen LogP contribution in [0.1, 0.15) is 24.9 Å². The second kappa shape index (κ2) is 7.61. The Kier molecular flexibility index (Phi) is 5.43. The molecule has 1 aromatic carbocycles. The molecule has 1 aromatic heterocycles. The molecule has 0 spiro atoms. The number of carbonyl (C=O) groups is 1. The van der Waals surface area contributed by atoms with E-state index in [0.29, 0.717) is 30.4 Å². The number of benzene rings is 1. The molecule has 0 saturated carbocycles. The Bertz CT molecular complexity index is 924. The predicted molar refractivity (Wildman–Crippen MR) is 100 cm³/mol. The Labute approximate surface area is 158 Å². The lowest BCUT2D eigenvalue weighted by molar-refractivity contribution is -0.114. The van der Waals surface area contributed by atoms with Crippen molar-refractivity contribution < 1.29 is 17.9 Å². The first-order valence-corrected chi connectivity index (χ1v) is 10.0. The van der Waals surface area contributed by atoms with Crippen LogP contribution in [0.3, 0.4) is 0 Å². The highest BCUT2D eigenvalue weighted by atomic mass is 32.2. The molecule has 0 radical (unpaired) electrons. The van der Waals surface area contributed by atoms with Gasteiger partial charge in [-0.1, -0.05) is 0 Å². The van der Waals surface area contributed by atoms with Gasteiger partial charge in [0.15, 0.2) is 0 Å². The second-order valence-electron chi connectivity index (χ2n) is 6.49. The number of hydrogen-bond acceptors (Lipinski definition) is 6. The molecule has 2 heterocycles. The number of sulfonamides is 1. The van der Waals surface area contributed by atoms with Crippen molar-refractivity contribution in [3.8, 4) is 5.88 Å². The summed E-state index contributed by atoms with van der Waals surface area (Å²) in [6.07, 6.45) is 0.331. The fraction of sp³-hybridized carbons (Fsp3) is 0.389. The van der Waals surface area contributed by atoms with E-state index in [1.54, 1.807) is 25.1 Å². The molecular formula is C18H22N4O4S. The summed E-state index contributed by atoms with van der Waals surface area (Å²) in [6, 6.07) is 7.87. The van der Waals surface area contributed by atoms with Crippen LogP contribution in [-0.4, -0.2) is 47.8 Å². The first kappa shape index (κ1) is 19.2. The summed E-state index contributed by atoms with van der Waals surface area (Å²) in [5.41, 5.74) is 1.36. The van der Waals surface area contributed by atoms with Crippen molar-refractivity contribution in [3.05, 3.63) is 41.9 Å². The summed E-state index contributed by atoms with van der Waals surface area (Å²) in [5, 5.41) is 2.62. The average Bonchev–Trinajstić information content (AvgIpc) is 3.03. The molecule has 1 aliphatic heterocycles. The number of anilines is 1. The molecule has 1 amide bonds. The van der Waals surface area contributed by atoms with E-state index in [2.05, 4.69) is 15.3 Å². The molecule has 0 bridgehead atoms. The lowest BCUT2D eigenvalue weighted by Gasteiger charge is -2.17. The number of ether oxygens (including phenoxy) is 1. The van der Waals surface area contributed by atoms with Gasteiger partial charge in [0.25, 0.3) is 0 Å². The number of hydrogen-bond donors (Lipinski definition) is 1. The molecule has 27 heavy (non-hydrogen) atoms. The van der Waals surface area contributed by atoms with Gasteiger partial charge in [-0.15, -0.1) is 0 Å². The van der Waals surface area contributed by atoms with Crippen LogP contribution in [0.5, 0.6) is 5.88 Å². The lowest BCUT2D eigenvalue weighted by atomic mass is 10.3. The Hall–Kier alpha value is -2.52. The van der Waals surface area contributed by atoms with E-state index in [1.807, 2.05) is 6.92 Å². The van der Waals surface area contributed by atoms with Crippen LogP contribution in [0.2, 0.25) is 0 Å². The molecule has 144 valence electrons. The lowest BCUT2D eigenvalue weighted by Crippen LogP contribution is -2.31. The Balaban J connectivity index is 1.68. The summed E-state index contributed by atoms with van der Waals surface area (Å²) in [4.78, 5) is 19.7. The van der Waals surface area contributed by atoms with Gasteiger partial charge in [0.2, 0.25) is 21.8 Å². The highest BCUT2D eigenvalue weighted by Crippen LogP contribution is 2.24. The molecule has 1 saturated heterocycles. The largest absolute Gasteiger partial charge is 0.473 e. The quantitative estimate of drug-likeness (QED) is 0.837. The molecular weight excluding hydrogens is 368 g/mol. The first-order chi connectivity index (χ1) is 12.7. The number of carbonyl (C=O) groups excluding carboxylic acids is 1. The molecule has 9 heteroatoms. The van der Waals surface area contributed by atoms with Crippen molar-refractivity contribution >= 4 is 21.6 Å². The minimum Gasteiger partial charge on any atom is -0.473 e. The molecule has 8 nitrogen and oxygen atoms in total. The van der Waals surface area contributed by atoms with Crippen molar-refractivity contribution in [1.29, 1.82) is 0 Å². The van der Waals surface area contributed by atoms with Gasteiger partial charge < -0.3 is 10.1 Å². The van der Waals surface area contributed by atoms with Gasteiger partial charge >= 0.3 is 0 Å². The highest BCUT2D eigenvalue weighted by molar-refractivity contribution is 7.89. The van der Waals surface area contributed by atoms with Crippen LogP contribution in [0, 0.1) is 13.8 Å². The fourth-order valence-electron chi connectivity index (χ4n) is 2.99. The van der Waals surface area contributed by atoms with Crippen LogP contribution < -0.4 is 10.1 Å². The first-order valence-electron chi connectivity index (χ1n) is 8.61. The number of nitrogens with one attached hydrogen (secondary N) is 1. The summed E-state index contributed by atoms with van der Waals surface area (Å²) >= 11 is 0. The molecule has 1 fully saturated rings. The van der Waals surface area contributed by atoms with Crippen molar-refractivity contribution in [1.82, 2.24) is 14.3 Å². The topological polar surface area (TPSA) is 101 Å². The van der Waals surface area contributed by atoms with E-state index in [0.717, 1.165) is 5.69 Å². The molecule has 3 rings (SSSR count). The molecule has 1 N–H and O–H groups in total. The number of aryl methyl sites for hydroxylation is 2. The zero-order valence-corrected chi connectivity index (χ0v) is 16.3. The second-order valence-corrected chi connectivity index (χ2v) is 8.43. The van der Waals surface area contributed by atoms with Crippen molar-refractivity contribution in [2.24, 2.45) is 0 Å². The van der Waals surface area contributed by atoms with E-state index >= 15 is 0 Å². The van der Waals surface area contributed by atoms with Crippen molar-refractivity contribution in [2.45, 2.75) is 38.2 Å². The Morgan fingerprint density at radius 2 is 1.93 bits per heavy atom. The standard InChI is InChI=1S/C18H22N4O4S/c1-12-10-18(20-13(2)19-12)26-16-8-9-22(11-16)27(24,25)17-6-4-15(5-7-17)21-14(3)23/h4-7,10,16H,8-9,11H2,1-3H3,(H,21,23)/t16-/m1/s1. The third-order valence-corrected chi connectivity index (χ3v) is 6.03. The zero-order valence-electron chi connectivity index (χ0n) is 15.5. The normalized spacial score (nSPS) is 17.7. The minimum atomic E-state index is -3.62. The van der Waals surface area contributed by atoms with Crippen LogP contribution in [-0.2, 0) is 14.8 Å². The molecule has 0 unspecified atom stereocenters. The number of aromatic nitrogens is 2. The van der Waals surface area contributed by atoms with E-state index in [9.17, 15) is 13.2 Å². The van der Waals surface area contributed by atoms with E-state index in [1.165, 1.54) is 23.4 Å². The van der Waals surface area contributed by atoms with Crippen LogP contribution >= 0.6 is 0 Å². The van der Waals surface area contributed by atoms with Crippen LogP contribution in [0.15, 0.2) is 35.2 Å². The van der Waals surface area contributed by atoms with Gasteiger partial charge in [0.1, 0.15) is 11.9 Å². The van der Waals surface area contributed by atoms with Crippen LogP contribution in [0.4, 0.5) is 5.69 Å². The molecule has 1 aliphatic rings. The number of amides is 1. The Morgan fingerprint density at radius 3 is 2.56 bits per heavy atom. The third kappa shape index (κ3) is 4.61. The van der Waals surface area contributed by atoms with Gasteiger partial charge in [-0.05, 0) is 44.5 Å². The molecule has 0 aliphatic carbocycles. The van der Waals surface area contributed by atoms with Gasteiger partial charge in [0.05, 0.1) is 11.4 Å². The van der Waals surface area contributed by atoms with Gasteiger partial charge in [-0.2, -0.15) is 9.29 Å². The third-order valence-electron chi connectivity index (χ3n) is 4.15. The number of nitrogens with zero attached hydrogens (tertiary/aromatic N) is 3. The van der Waals surface area contributed by atoms with Crippen molar-refractivity contribution in [2.75, 3.05) is 18.4 Å². The predicted octanol–water partition coefficient (Wildman–Crippen LogP) is 1.89. The maximum Gasteiger partial charge on any atom is 0.243 e.